The second-order valence-corrected chi connectivity index (χ2v) is 3.83. The molecule has 2 N–H and O–H groups in total. The van der Waals surface area contributed by atoms with E-state index in [0.717, 1.165) is 0 Å². The molecule has 0 unspecified atom stereocenters. The Hall–Kier alpha value is -0.610. The molecule has 14 heavy (non-hydrogen) atoms. The first-order chi connectivity index (χ1) is 6.53. The van der Waals surface area contributed by atoms with Crippen LogP contribution >= 0.6 is 23.2 Å². The third-order valence-corrected chi connectivity index (χ3v) is 2.75. The van der Waals surface area contributed by atoms with Gasteiger partial charge in [0.2, 0.25) is 5.79 Å². The summed E-state index contributed by atoms with van der Waals surface area (Å²) in [6.45, 7) is 0.399. The third kappa shape index (κ3) is 1.33. The van der Waals surface area contributed by atoms with Gasteiger partial charge in [0.15, 0.2) is 0 Å². The molecule has 74 valence electrons. The first-order valence-electron chi connectivity index (χ1n) is 3.97. The van der Waals surface area contributed by atoms with Crippen molar-refractivity contribution in [3.63, 3.8) is 0 Å². The van der Waals surface area contributed by atoms with Gasteiger partial charge in [-0.1, -0.05) is 35.4 Å². The molecule has 0 aromatic carbocycles. The fourth-order valence-corrected chi connectivity index (χ4v) is 1.89. The number of halogens is 2. The summed E-state index contributed by atoms with van der Waals surface area (Å²) in [4.78, 5) is 3.97. The van der Waals surface area contributed by atoms with Crippen molar-refractivity contribution in [1.82, 2.24) is 0 Å². The predicted octanol–water partition coefficient (Wildman–Crippen LogP) is 1.31. The average molecular weight is 232 g/mol. The Morgan fingerprint density at radius 3 is 2.79 bits per heavy atom. The van der Waals surface area contributed by atoms with Crippen molar-refractivity contribution in [2.24, 2.45) is 4.99 Å². The van der Waals surface area contributed by atoms with E-state index in [9.17, 15) is 10.2 Å². The highest BCUT2D eigenvalue weighted by molar-refractivity contribution is 6.41. The number of aliphatic hydroxyl groups is 2. The Morgan fingerprint density at radius 2 is 2.07 bits per heavy atom. The van der Waals surface area contributed by atoms with Gasteiger partial charge in [-0.25, -0.2) is 0 Å². The maximum atomic E-state index is 9.65. The average Bonchev–Trinajstić information content (AvgIpc) is 2.16. The van der Waals surface area contributed by atoms with Crippen LogP contribution in [-0.4, -0.2) is 28.3 Å². The molecule has 5 heteroatoms. The molecule has 2 aliphatic rings. The largest absolute Gasteiger partial charge is 0.356 e. The maximum absolute atomic E-state index is 9.65. The Labute approximate surface area is 90.7 Å². The molecule has 0 fully saturated rings. The van der Waals surface area contributed by atoms with E-state index in [4.69, 9.17) is 23.2 Å². The smallest absolute Gasteiger partial charge is 0.246 e. The first kappa shape index (κ1) is 9.93. The highest BCUT2D eigenvalue weighted by Gasteiger charge is 2.40. The Balaban J connectivity index is 2.61. The van der Waals surface area contributed by atoms with Crippen LogP contribution in [0, 0.1) is 0 Å². The number of hydrogen-bond donors (Lipinski definition) is 2. The standard InChI is InChI=1S/C9H7Cl2NO2/c10-6-4-7(11)9(13,14)8-5(6)2-1-3-12-8/h1-2,4,13-14H,3H2. The van der Waals surface area contributed by atoms with E-state index in [-0.39, 0.29) is 10.7 Å². The summed E-state index contributed by atoms with van der Waals surface area (Å²) >= 11 is 11.5. The van der Waals surface area contributed by atoms with E-state index in [1.807, 2.05) is 0 Å². The molecule has 0 aromatic heterocycles. The molecule has 1 aliphatic carbocycles. The van der Waals surface area contributed by atoms with Crippen molar-refractivity contribution in [3.8, 4) is 0 Å². The van der Waals surface area contributed by atoms with Gasteiger partial charge >= 0.3 is 0 Å². The summed E-state index contributed by atoms with van der Waals surface area (Å²) in [7, 11) is 0. The monoisotopic (exact) mass is 231 g/mol. The van der Waals surface area contributed by atoms with Gasteiger partial charge in [-0.15, -0.1) is 0 Å². The second kappa shape index (κ2) is 3.21. The number of hydrogen-bond acceptors (Lipinski definition) is 3. The molecule has 0 saturated carbocycles. The van der Waals surface area contributed by atoms with Crippen molar-refractivity contribution in [3.05, 3.63) is 33.9 Å². The first-order valence-corrected chi connectivity index (χ1v) is 4.73. The summed E-state index contributed by atoms with van der Waals surface area (Å²) in [5.41, 5.74) is 0.616. The zero-order chi connectivity index (χ0) is 10.3. The summed E-state index contributed by atoms with van der Waals surface area (Å²) in [5.74, 6) is -2.21. The molecular weight excluding hydrogens is 225 g/mol. The summed E-state index contributed by atoms with van der Waals surface area (Å²) in [6.07, 6.45) is 4.79. The number of allylic oxidation sites excluding steroid dienone is 3. The van der Waals surface area contributed by atoms with Crippen LogP contribution in [0.15, 0.2) is 38.9 Å². The molecular formula is C9H7Cl2NO2. The Bertz CT molecular complexity index is 405. The van der Waals surface area contributed by atoms with E-state index in [2.05, 4.69) is 4.99 Å². The fraction of sp³-hybridized carbons (Fsp3) is 0.222. The lowest BCUT2D eigenvalue weighted by molar-refractivity contribution is -0.0598. The van der Waals surface area contributed by atoms with Crippen LogP contribution in [0.25, 0.3) is 0 Å². The van der Waals surface area contributed by atoms with E-state index < -0.39 is 5.79 Å². The lowest BCUT2D eigenvalue weighted by atomic mass is 9.94. The van der Waals surface area contributed by atoms with Gasteiger partial charge in [0.05, 0.1) is 16.6 Å². The normalized spacial score (nSPS) is 24.3. The third-order valence-electron chi connectivity index (χ3n) is 2.07. The van der Waals surface area contributed by atoms with Gasteiger partial charge < -0.3 is 10.2 Å². The molecule has 0 spiro atoms. The van der Waals surface area contributed by atoms with Crippen molar-refractivity contribution < 1.29 is 10.2 Å². The molecule has 0 atom stereocenters. The topological polar surface area (TPSA) is 52.8 Å². The van der Waals surface area contributed by atoms with E-state index in [1.165, 1.54) is 6.08 Å². The summed E-state index contributed by atoms with van der Waals surface area (Å²) in [6, 6.07) is 0. The summed E-state index contributed by atoms with van der Waals surface area (Å²) < 4.78 is 0. The quantitative estimate of drug-likeness (QED) is 0.618. The van der Waals surface area contributed by atoms with E-state index in [1.54, 1.807) is 12.2 Å². The molecule has 0 saturated heterocycles. The molecule has 0 aromatic rings. The van der Waals surface area contributed by atoms with Gasteiger partial charge in [0.1, 0.15) is 5.71 Å². The number of aliphatic imine (C=N–C) groups is 1. The SMILES string of the molecule is OC1(O)C(Cl)=CC(Cl)=C2C=CCN=C21. The molecule has 0 amide bonds. The van der Waals surface area contributed by atoms with Crippen LogP contribution in [0.3, 0.4) is 0 Å². The molecule has 1 aliphatic heterocycles. The van der Waals surface area contributed by atoms with Crippen molar-refractivity contribution in [1.29, 1.82) is 0 Å². The summed E-state index contributed by atoms with van der Waals surface area (Å²) in [5, 5.41) is 19.5. The van der Waals surface area contributed by atoms with Gasteiger partial charge in [-0.2, -0.15) is 0 Å². The van der Waals surface area contributed by atoms with Gasteiger partial charge in [0, 0.05) is 5.57 Å². The lowest BCUT2D eigenvalue weighted by Gasteiger charge is -2.29. The molecule has 0 radical (unpaired) electrons. The number of nitrogens with zero attached hydrogens (tertiary/aromatic N) is 1. The van der Waals surface area contributed by atoms with Crippen LogP contribution in [0.1, 0.15) is 0 Å². The van der Waals surface area contributed by atoms with Gasteiger partial charge in [-0.3, -0.25) is 4.99 Å². The van der Waals surface area contributed by atoms with Crippen LogP contribution in [0.4, 0.5) is 0 Å². The van der Waals surface area contributed by atoms with E-state index in [0.29, 0.717) is 17.2 Å². The number of rotatable bonds is 0. The zero-order valence-electron chi connectivity index (χ0n) is 7.04. The minimum atomic E-state index is -2.21. The van der Waals surface area contributed by atoms with Crippen LogP contribution in [0.5, 0.6) is 0 Å². The van der Waals surface area contributed by atoms with Crippen molar-refractivity contribution in [2.45, 2.75) is 5.79 Å². The lowest BCUT2D eigenvalue weighted by Crippen LogP contribution is -2.42. The molecule has 0 bridgehead atoms. The fourth-order valence-electron chi connectivity index (χ4n) is 1.37. The number of fused-ring (bicyclic) bond motifs is 1. The van der Waals surface area contributed by atoms with Gasteiger partial charge in [-0.05, 0) is 6.08 Å². The van der Waals surface area contributed by atoms with Crippen molar-refractivity contribution >= 4 is 28.9 Å². The number of dihydropyridines is 1. The predicted molar refractivity (Wildman–Crippen MR) is 55.4 cm³/mol. The minimum Gasteiger partial charge on any atom is -0.356 e. The molecule has 1 heterocycles. The highest BCUT2D eigenvalue weighted by Crippen LogP contribution is 2.34. The zero-order valence-corrected chi connectivity index (χ0v) is 8.55. The Kier molecular flexibility index (Phi) is 2.27. The van der Waals surface area contributed by atoms with Crippen LogP contribution in [0.2, 0.25) is 0 Å². The minimum absolute atomic E-state index is 0.109. The second-order valence-electron chi connectivity index (χ2n) is 3.02. The highest BCUT2D eigenvalue weighted by atomic mass is 35.5. The Morgan fingerprint density at radius 1 is 1.36 bits per heavy atom. The van der Waals surface area contributed by atoms with Gasteiger partial charge in [0.25, 0.3) is 0 Å². The van der Waals surface area contributed by atoms with Crippen LogP contribution < -0.4 is 0 Å². The van der Waals surface area contributed by atoms with Crippen LogP contribution in [-0.2, 0) is 0 Å². The molecule has 3 nitrogen and oxygen atoms in total. The van der Waals surface area contributed by atoms with E-state index >= 15 is 0 Å². The van der Waals surface area contributed by atoms with Crippen molar-refractivity contribution in [2.75, 3.05) is 6.54 Å². The maximum Gasteiger partial charge on any atom is 0.246 e. The molecule has 2 rings (SSSR count).